The van der Waals surface area contributed by atoms with Crippen LogP contribution in [-0.4, -0.2) is 38.8 Å². The highest BCUT2D eigenvalue weighted by molar-refractivity contribution is 5.93. The first-order chi connectivity index (χ1) is 17.4. The average Bonchev–Trinajstić information content (AvgIpc) is 3.15. The Balaban J connectivity index is 1.71. The van der Waals surface area contributed by atoms with Crippen LogP contribution in [0.3, 0.4) is 0 Å². The number of piperidine rings is 1. The van der Waals surface area contributed by atoms with Gasteiger partial charge in [0, 0.05) is 54.9 Å². The third kappa shape index (κ3) is 5.25. The van der Waals surface area contributed by atoms with E-state index in [9.17, 15) is 9.59 Å². The summed E-state index contributed by atoms with van der Waals surface area (Å²) >= 11 is 0. The smallest absolute Gasteiger partial charge is 0.410 e. The molecule has 1 saturated heterocycles. The summed E-state index contributed by atoms with van der Waals surface area (Å²) in [5.74, 6) is 0.707. The molecule has 0 spiro atoms. The number of hydrogen-bond donors (Lipinski definition) is 0. The first-order valence-electron chi connectivity index (χ1n) is 13.4. The fourth-order valence-corrected chi connectivity index (χ4v) is 5.57. The van der Waals surface area contributed by atoms with E-state index in [0.717, 1.165) is 24.1 Å². The Bertz CT molecular complexity index is 1380. The third-order valence-electron chi connectivity index (χ3n) is 7.41. The van der Waals surface area contributed by atoms with Crippen molar-refractivity contribution in [2.24, 2.45) is 7.05 Å². The molecule has 1 aliphatic heterocycles. The van der Waals surface area contributed by atoms with Crippen molar-refractivity contribution in [1.29, 1.82) is 0 Å². The molecule has 2 aromatic heterocycles. The Labute approximate surface area is 220 Å². The lowest BCUT2D eigenvalue weighted by Gasteiger charge is -2.33. The molecular weight excluding hydrogens is 462 g/mol. The van der Waals surface area contributed by atoms with Crippen LogP contribution in [0.2, 0.25) is 0 Å². The molecule has 3 aromatic rings. The summed E-state index contributed by atoms with van der Waals surface area (Å²) < 4.78 is 9.59. The lowest BCUT2D eigenvalue weighted by molar-refractivity contribution is 0.0205. The van der Waals surface area contributed by atoms with E-state index in [1.807, 2.05) is 44.9 Å². The number of carbonyl (C=O) groups excluding carboxylic acids is 1. The first-order valence-corrected chi connectivity index (χ1v) is 13.4. The van der Waals surface area contributed by atoms with E-state index in [2.05, 4.69) is 50.2 Å². The van der Waals surface area contributed by atoms with Gasteiger partial charge in [0.05, 0.1) is 5.69 Å². The van der Waals surface area contributed by atoms with Crippen LogP contribution >= 0.6 is 0 Å². The zero-order valence-electron chi connectivity index (χ0n) is 23.4. The lowest BCUT2D eigenvalue weighted by Crippen LogP contribution is -2.41. The zero-order chi connectivity index (χ0) is 27.1. The molecule has 0 N–H and O–H groups in total. The monoisotopic (exact) mass is 503 g/mol. The molecule has 1 fully saturated rings. The number of benzene rings is 1. The van der Waals surface area contributed by atoms with Gasteiger partial charge < -0.3 is 18.8 Å². The number of fused-ring (bicyclic) bond motifs is 1. The Kier molecular flexibility index (Phi) is 7.40. The third-order valence-corrected chi connectivity index (χ3v) is 7.41. The molecule has 0 aliphatic carbocycles. The predicted octanol–water partition coefficient (Wildman–Crippen LogP) is 6.91. The maximum absolute atomic E-state index is 12.7. The normalized spacial score (nSPS) is 15.0. The Hall–Kier alpha value is -3.28. The summed E-state index contributed by atoms with van der Waals surface area (Å²) in [6.07, 6.45) is 5.25. The van der Waals surface area contributed by atoms with Gasteiger partial charge in [-0.05, 0) is 81.7 Å². The van der Waals surface area contributed by atoms with E-state index in [0.29, 0.717) is 37.0 Å². The number of likely N-dealkylation sites (tertiary alicyclic amines) is 1. The van der Waals surface area contributed by atoms with E-state index in [-0.39, 0.29) is 11.7 Å². The minimum absolute atomic E-state index is 0.00822. The Morgan fingerprint density at radius 1 is 1.19 bits per heavy atom. The molecule has 1 aliphatic rings. The van der Waals surface area contributed by atoms with Gasteiger partial charge in [0.25, 0.3) is 5.56 Å². The van der Waals surface area contributed by atoms with Gasteiger partial charge in [0.2, 0.25) is 0 Å². The number of amides is 1. The zero-order valence-corrected chi connectivity index (χ0v) is 23.4. The number of hydrogen-bond acceptors (Lipinski definition) is 3. The van der Waals surface area contributed by atoms with Crippen LogP contribution < -0.4 is 5.56 Å². The second-order valence-electron chi connectivity index (χ2n) is 11.5. The molecule has 4 rings (SSSR count). The summed E-state index contributed by atoms with van der Waals surface area (Å²) in [7, 11) is 2.11. The van der Waals surface area contributed by atoms with Crippen molar-refractivity contribution in [1.82, 2.24) is 14.0 Å². The highest BCUT2D eigenvalue weighted by Gasteiger charge is 2.28. The maximum Gasteiger partial charge on any atom is 0.410 e. The molecule has 0 radical (unpaired) electrons. The summed E-state index contributed by atoms with van der Waals surface area (Å²) in [4.78, 5) is 27.0. The minimum atomic E-state index is -0.478. The van der Waals surface area contributed by atoms with Crippen LogP contribution in [0.1, 0.15) is 82.9 Å². The highest BCUT2D eigenvalue weighted by Crippen LogP contribution is 2.40. The van der Waals surface area contributed by atoms with E-state index in [1.54, 1.807) is 10.6 Å². The number of carbonyl (C=O) groups is 1. The van der Waals surface area contributed by atoms with Crippen LogP contribution in [-0.2, 0) is 18.3 Å². The van der Waals surface area contributed by atoms with Gasteiger partial charge >= 0.3 is 6.09 Å². The molecule has 0 atom stereocenters. The van der Waals surface area contributed by atoms with Crippen molar-refractivity contribution in [3.05, 3.63) is 64.1 Å². The van der Waals surface area contributed by atoms with Gasteiger partial charge in [0.1, 0.15) is 5.60 Å². The molecule has 6 nitrogen and oxygen atoms in total. The summed E-state index contributed by atoms with van der Waals surface area (Å²) in [5.41, 5.74) is 6.11. The number of rotatable bonds is 5. The van der Waals surface area contributed by atoms with Crippen molar-refractivity contribution in [2.45, 2.75) is 78.4 Å². The van der Waals surface area contributed by atoms with Gasteiger partial charge in [-0.2, -0.15) is 0 Å². The molecule has 3 heterocycles. The van der Waals surface area contributed by atoms with E-state index in [4.69, 9.17) is 4.74 Å². The van der Waals surface area contributed by atoms with Crippen molar-refractivity contribution < 1.29 is 9.53 Å². The Morgan fingerprint density at radius 3 is 2.43 bits per heavy atom. The van der Waals surface area contributed by atoms with Crippen molar-refractivity contribution in [3.63, 3.8) is 0 Å². The first kappa shape index (κ1) is 26.8. The standard InChI is InChI=1S/C31H41N3O3/c1-9-21-17-24(19-33(10-2)29(21)35)28-27(20(3)4)25-18-23(11-12-26(25)32(28)8)22-13-15-34(16-14-22)30(36)37-31(5,6)7/h9,11-12,17-20,22H,1,10,13-16H2,2-8H3. The quantitative estimate of drug-likeness (QED) is 0.380. The topological polar surface area (TPSA) is 56.5 Å². The van der Waals surface area contributed by atoms with Crippen LogP contribution in [0.25, 0.3) is 28.2 Å². The van der Waals surface area contributed by atoms with Crippen LogP contribution in [0.4, 0.5) is 4.79 Å². The van der Waals surface area contributed by atoms with Crippen molar-refractivity contribution in [2.75, 3.05) is 13.1 Å². The lowest BCUT2D eigenvalue weighted by atomic mass is 9.87. The second-order valence-corrected chi connectivity index (χ2v) is 11.5. The van der Waals surface area contributed by atoms with Crippen molar-refractivity contribution in [3.8, 4) is 11.3 Å². The molecular formula is C31H41N3O3. The Morgan fingerprint density at radius 2 is 1.86 bits per heavy atom. The van der Waals surface area contributed by atoms with Crippen molar-refractivity contribution >= 4 is 23.1 Å². The van der Waals surface area contributed by atoms with Gasteiger partial charge in [-0.25, -0.2) is 4.79 Å². The summed E-state index contributed by atoms with van der Waals surface area (Å²) in [6.45, 7) is 18.1. The summed E-state index contributed by atoms with van der Waals surface area (Å²) in [6, 6.07) is 8.79. The number of ether oxygens (including phenoxy) is 1. The van der Waals surface area contributed by atoms with E-state index in [1.165, 1.54) is 22.0 Å². The van der Waals surface area contributed by atoms with E-state index < -0.39 is 5.60 Å². The van der Waals surface area contributed by atoms with Gasteiger partial charge in [-0.3, -0.25) is 4.79 Å². The molecule has 6 heteroatoms. The molecule has 37 heavy (non-hydrogen) atoms. The van der Waals surface area contributed by atoms with Gasteiger partial charge in [-0.15, -0.1) is 0 Å². The SMILES string of the molecule is C=Cc1cc(-c2c(C(C)C)c3cc(C4CCN(C(=O)OC(C)(C)C)CC4)ccc3n2C)cn(CC)c1=O. The van der Waals surface area contributed by atoms with Crippen LogP contribution in [0.15, 0.2) is 41.8 Å². The number of nitrogens with zero attached hydrogens (tertiary/aromatic N) is 3. The van der Waals surface area contributed by atoms with Gasteiger partial charge in [0.15, 0.2) is 0 Å². The number of aryl methyl sites for hydroxylation is 2. The number of aromatic nitrogens is 2. The van der Waals surface area contributed by atoms with Crippen LogP contribution in [0, 0.1) is 0 Å². The summed E-state index contributed by atoms with van der Waals surface area (Å²) in [5, 5.41) is 1.26. The fourth-order valence-electron chi connectivity index (χ4n) is 5.57. The number of pyridine rings is 1. The fraction of sp³-hybridized carbons (Fsp3) is 0.484. The van der Waals surface area contributed by atoms with Crippen LogP contribution in [0.5, 0.6) is 0 Å². The largest absolute Gasteiger partial charge is 0.444 e. The molecule has 1 amide bonds. The highest BCUT2D eigenvalue weighted by atomic mass is 16.6. The average molecular weight is 504 g/mol. The maximum atomic E-state index is 12.7. The molecule has 0 unspecified atom stereocenters. The predicted molar refractivity (Wildman–Crippen MR) is 152 cm³/mol. The molecule has 0 bridgehead atoms. The molecule has 0 saturated carbocycles. The second kappa shape index (κ2) is 10.2. The van der Waals surface area contributed by atoms with E-state index >= 15 is 0 Å². The molecule has 1 aromatic carbocycles. The molecule has 198 valence electrons. The minimum Gasteiger partial charge on any atom is -0.444 e. The van der Waals surface area contributed by atoms with Gasteiger partial charge in [-0.1, -0.05) is 32.6 Å².